The third-order valence-corrected chi connectivity index (χ3v) is 3.94. The van der Waals surface area contributed by atoms with E-state index in [0.29, 0.717) is 25.6 Å². The summed E-state index contributed by atoms with van der Waals surface area (Å²) < 4.78 is 30.9. The molecule has 0 spiro atoms. The minimum absolute atomic E-state index is 0.153. The zero-order valence-corrected chi connectivity index (χ0v) is 10.7. The second-order valence-electron chi connectivity index (χ2n) is 4.15. The van der Waals surface area contributed by atoms with Crippen LogP contribution in [0.1, 0.15) is 19.8 Å². The van der Waals surface area contributed by atoms with E-state index < -0.39 is 10.0 Å². The first-order valence-corrected chi connectivity index (χ1v) is 7.55. The average Bonchev–Trinajstić information content (AvgIpc) is 2.75. The smallest absolute Gasteiger partial charge is 0.212 e. The first-order chi connectivity index (χ1) is 7.64. The van der Waals surface area contributed by atoms with Gasteiger partial charge in [-0.1, -0.05) is 6.92 Å². The van der Waals surface area contributed by atoms with Crippen molar-refractivity contribution in [2.75, 3.05) is 38.6 Å². The van der Waals surface area contributed by atoms with Gasteiger partial charge >= 0.3 is 0 Å². The van der Waals surface area contributed by atoms with Crippen molar-refractivity contribution in [3.8, 4) is 0 Å². The SMILES string of the molecule is CCCNCCS(=O)(=O)NCC1CCOC1. The summed E-state index contributed by atoms with van der Waals surface area (Å²) in [5, 5.41) is 3.08. The molecule has 0 aromatic rings. The van der Waals surface area contributed by atoms with Gasteiger partial charge in [0.05, 0.1) is 12.4 Å². The van der Waals surface area contributed by atoms with Crippen molar-refractivity contribution in [1.82, 2.24) is 10.0 Å². The minimum atomic E-state index is -3.12. The standard InChI is InChI=1S/C10H22N2O3S/c1-2-4-11-5-7-16(13,14)12-8-10-3-6-15-9-10/h10-12H,2-9H2,1H3. The maximum Gasteiger partial charge on any atom is 0.212 e. The van der Waals surface area contributed by atoms with Gasteiger partial charge in [0.2, 0.25) is 10.0 Å². The highest BCUT2D eigenvalue weighted by atomic mass is 32.2. The van der Waals surface area contributed by atoms with Crippen LogP contribution >= 0.6 is 0 Å². The second-order valence-corrected chi connectivity index (χ2v) is 6.07. The lowest BCUT2D eigenvalue weighted by molar-refractivity contribution is 0.186. The molecule has 1 saturated heterocycles. The van der Waals surface area contributed by atoms with Crippen LogP contribution in [0.5, 0.6) is 0 Å². The Morgan fingerprint density at radius 2 is 2.19 bits per heavy atom. The molecule has 6 heteroatoms. The number of sulfonamides is 1. The van der Waals surface area contributed by atoms with E-state index in [1.54, 1.807) is 0 Å². The Bertz CT molecular complexity index is 274. The Morgan fingerprint density at radius 1 is 1.38 bits per heavy atom. The molecule has 0 amide bonds. The van der Waals surface area contributed by atoms with Gasteiger partial charge in [0.25, 0.3) is 0 Å². The highest BCUT2D eigenvalue weighted by Crippen LogP contribution is 2.10. The van der Waals surface area contributed by atoms with E-state index >= 15 is 0 Å². The van der Waals surface area contributed by atoms with Gasteiger partial charge in [-0.2, -0.15) is 0 Å². The van der Waals surface area contributed by atoms with E-state index in [2.05, 4.69) is 17.0 Å². The van der Waals surface area contributed by atoms with Crippen molar-refractivity contribution in [3.05, 3.63) is 0 Å². The lowest BCUT2D eigenvalue weighted by atomic mass is 10.1. The molecule has 1 heterocycles. The van der Waals surface area contributed by atoms with Crippen LogP contribution in [0.15, 0.2) is 0 Å². The first kappa shape index (κ1) is 13.9. The molecule has 1 aliphatic rings. The topological polar surface area (TPSA) is 67.4 Å². The minimum Gasteiger partial charge on any atom is -0.381 e. The summed E-state index contributed by atoms with van der Waals surface area (Å²) in [7, 11) is -3.12. The third kappa shape index (κ3) is 5.79. The van der Waals surface area contributed by atoms with Crippen LogP contribution in [0.2, 0.25) is 0 Å². The van der Waals surface area contributed by atoms with Crippen molar-refractivity contribution in [3.63, 3.8) is 0 Å². The van der Waals surface area contributed by atoms with E-state index in [1.165, 1.54) is 0 Å². The summed E-state index contributed by atoms with van der Waals surface area (Å²) in [4.78, 5) is 0. The van der Waals surface area contributed by atoms with Crippen LogP contribution in [-0.2, 0) is 14.8 Å². The molecule has 0 bridgehead atoms. The van der Waals surface area contributed by atoms with Gasteiger partial charge in [-0.15, -0.1) is 0 Å². The number of rotatable bonds is 8. The van der Waals surface area contributed by atoms with Crippen molar-refractivity contribution < 1.29 is 13.2 Å². The summed E-state index contributed by atoms with van der Waals surface area (Å²) in [6, 6.07) is 0. The van der Waals surface area contributed by atoms with Crippen LogP contribution in [0.4, 0.5) is 0 Å². The summed E-state index contributed by atoms with van der Waals surface area (Å²) in [6.45, 7) is 5.38. The van der Waals surface area contributed by atoms with Crippen LogP contribution in [-0.4, -0.2) is 47.0 Å². The molecule has 2 N–H and O–H groups in total. The predicted molar refractivity (Wildman–Crippen MR) is 63.9 cm³/mol. The van der Waals surface area contributed by atoms with Crippen molar-refractivity contribution >= 4 is 10.0 Å². The molecule has 5 nitrogen and oxygen atoms in total. The number of hydrogen-bond donors (Lipinski definition) is 2. The van der Waals surface area contributed by atoms with Gasteiger partial charge in [-0.05, 0) is 25.3 Å². The van der Waals surface area contributed by atoms with E-state index in [-0.39, 0.29) is 5.75 Å². The Hall–Kier alpha value is -0.170. The molecule has 1 atom stereocenters. The molecule has 1 unspecified atom stereocenters. The second kappa shape index (κ2) is 7.21. The number of nitrogens with one attached hydrogen (secondary N) is 2. The van der Waals surface area contributed by atoms with Gasteiger partial charge in [0.1, 0.15) is 0 Å². The number of ether oxygens (including phenoxy) is 1. The fraction of sp³-hybridized carbons (Fsp3) is 1.00. The summed E-state index contributed by atoms with van der Waals surface area (Å²) in [5.74, 6) is 0.499. The van der Waals surface area contributed by atoms with E-state index in [9.17, 15) is 8.42 Å². The molecular formula is C10H22N2O3S. The molecule has 0 radical (unpaired) electrons. The van der Waals surface area contributed by atoms with Crippen molar-refractivity contribution in [2.24, 2.45) is 5.92 Å². The summed E-state index contributed by atoms with van der Waals surface area (Å²) in [6.07, 6.45) is 1.98. The molecule has 0 aliphatic carbocycles. The molecular weight excluding hydrogens is 228 g/mol. The Balaban J connectivity index is 2.12. The number of hydrogen-bond acceptors (Lipinski definition) is 4. The predicted octanol–water partition coefficient (Wildman–Crippen LogP) is -0.0581. The molecule has 96 valence electrons. The maximum atomic E-state index is 11.6. The fourth-order valence-electron chi connectivity index (χ4n) is 1.57. The molecule has 1 fully saturated rings. The monoisotopic (exact) mass is 250 g/mol. The largest absolute Gasteiger partial charge is 0.381 e. The van der Waals surface area contributed by atoms with Crippen LogP contribution in [0.25, 0.3) is 0 Å². The highest BCUT2D eigenvalue weighted by Gasteiger charge is 2.18. The fourth-order valence-corrected chi connectivity index (χ4v) is 2.62. The lowest BCUT2D eigenvalue weighted by Crippen LogP contribution is -2.35. The first-order valence-electron chi connectivity index (χ1n) is 5.90. The zero-order chi connectivity index (χ0) is 11.9. The van der Waals surface area contributed by atoms with E-state index in [4.69, 9.17) is 4.74 Å². The molecule has 16 heavy (non-hydrogen) atoms. The van der Waals surface area contributed by atoms with Gasteiger partial charge in [-0.25, -0.2) is 13.1 Å². The molecule has 1 rings (SSSR count). The van der Waals surface area contributed by atoms with Crippen LogP contribution in [0, 0.1) is 5.92 Å². The van der Waals surface area contributed by atoms with Crippen LogP contribution in [0.3, 0.4) is 0 Å². The van der Waals surface area contributed by atoms with E-state index in [1.807, 2.05) is 0 Å². The Kier molecular flexibility index (Phi) is 6.26. The summed E-state index contributed by atoms with van der Waals surface area (Å²) >= 11 is 0. The van der Waals surface area contributed by atoms with Gasteiger partial charge in [0.15, 0.2) is 0 Å². The van der Waals surface area contributed by atoms with Crippen molar-refractivity contribution in [2.45, 2.75) is 19.8 Å². The maximum absolute atomic E-state index is 11.6. The van der Waals surface area contributed by atoms with Crippen LogP contribution < -0.4 is 10.0 Å². The quantitative estimate of drug-likeness (QED) is 0.592. The molecule has 0 aromatic heterocycles. The average molecular weight is 250 g/mol. The van der Waals surface area contributed by atoms with Gasteiger partial charge < -0.3 is 10.1 Å². The summed E-state index contributed by atoms with van der Waals surface area (Å²) in [5.41, 5.74) is 0. The zero-order valence-electron chi connectivity index (χ0n) is 9.87. The highest BCUT2D eigenvalue weighted by molar-refractivity contribution is 7.89. The molecule has 0 aromatic carbocycles. The van der Waals surface area contributed by atoms with Crippen molar-refractivity contribution in [1.29, 1.82) is 0 Å². The molecule has 0 saturated carbocycles. The Morgan fingerprint density at radius 3 is 2.81 bits per heavy atom. The van der Waals surface area contributed by atoms with E-state index in [0.717, 1.165) is 26.0 Å². The van der Waals surface area contributed by atoms with Gasteiger partial charge in [0, 0.05) is 19.7 Å². The van der Waals surface area contributed by atoms with Gasteiger partial charge in [-0.3, -0.25) is 0 Å². The molecule has 1 aliphatic heterocycles. The Labute approximate surface area is 98.0 Å². The third-order valence-electron chi connectivity index (χ3n) is 2.59. The normalized spacial score (nSPS) is 21.4. The lowest BCUT2D eigenvalue weighted by Gasteiger charge is -2.10.